The second-order valence-electron chi connectivity index (χ2n) is 6.67. The molecule has 2 amide bonds. The molecule has 0 saturated heterocycles. The average Bonchev–Trinajstić information content (AvgIpc) is 3.34. The molecule has 0 bridgehead atoms. The summed E-state index contributed by atoms with van der Waals surface area (Å²) in [7, 11) is 0. The second-order valence-corrected chi connectivity index (χ2v) is 8.03. The number of hydrogen-bond acceptors (Lipinski definition) is 7. The number of esters is 1. The molecular weight excluding hydrogens is 470 g/mol. The van der Waals surface area contributed by atoms with Crippen LogP contribution in [0.4, 0.5) is 11.4 Å². The lowest BCUT2D eigenvalue weighted by molar-refractivity contribution is -0.384. The van der Waals surface area contributed by atoms with Gasteiger partial charge in [-0.2, -0.15) is 0 Å². The van der Waals surface area contributed by atoms with E-state index in [1.165, 1.54) is 23.5 Å². The molecule has 0 aliphatic rings. The van der Waals surface area contributed by atoms with Crippen LogP contribution in [0.3, 0.4) is 0 Å². The molecule has 9 nitrogen and oxygen atoms in total. The van der Waals surface area contributed by atoms with Crippen molar-refractivity contribution >= 4 is 52.1 Å². The van der Waals surface area contributed by atoms with Crippen LogP contribution >= 0.6 is 22.9 Å². The molecule has 0 fully saturated rings. The zero-order valence-corrected chi connectivity index (χ0v) is 18.6. The Morgan fingerprint density at radius 1 is 1.09 bits per heavy atom. The number of thiophene rings is 1. The molecule has 0 aliphatic heterocycles. The largest absolute Gasteiger partial charge is 0.447 e. The van der Waals surface area contributed by atoms with Gasteiger partial charge >= 0.3 is 5.97 Å². The lowest BCUT2D eigenvalue weighted by Gasteiger charge is -2.18. The molecule has 0 radical (unpaired) electrons. The smallest absolute Gasteiger partial charge is 0.308 e. The molecular formula is C22H18ClN3O6S. The van der Waals surface area contributed by atoms with Crippen LogP contribution in [0.5, 0.6) is 0 Å². The Kier molecular flexibility index (Phi) is 8.11. The molecule has 0 spiro atoms. The topological polar surface area (TPSA) is 128 Å². The quantitative estimate of drug-likeness (QED) is 0.262. The summed E-state index contributed by atoms with van der Waals surface area (Å²) in [6, 6.07) is 15.4. The lowest BCUT2D eigenvalue weighted by Crippen LogP contribution is -2.29. The predicted molar refractivity (Wildman–Crippen MR) is 123 cm³/mol. The van der Waals surface area contributed by atoms with Crippen molar-refractivity contribution in [1.82, 2.24) is 5.32 Å². The molecule has 170 valence electrons. The Morgan fingerprint density at radius 2 is 1.85 bits per heavy atom. The summed E-state index contributed by atoms with van der Waals surface area (Å²) in [6.45, 7) is 0.0346. The highest BCUT2D eigenvalue weighted by molar-refractivity contribution is 7.12. The molecule has 1 unspecified atom stereocenters. The van der Waals surface area contributed by atoms with E-state index in [9.17, 15) is 24.5 Å². The molecule has 1 aromatic heterocycles. The number of carbonyl (C=O) groups excluding carboxylic acids is 3. The number of halogens is 1. The second kappa shape index (κ2) is 11.2. The Morgan fingerprint density at radius 3 is 2.48 bits per heavy atom. The van der Waals surface area contributed by atoms with Gasteiger partial charge in [0.15, 0.2) is 0 Å². The minimum Gasteiger partial charge on any atom is -0.447 e. The molecule has 3 aromatic rings. The standard InChI is InChI=1S/C22H18ClN3O6S/c23-16-13-15(26(30)31)8-9-17(16)25-22(29)20(14-5-2-1-3-6-14)32-19(27)10-11-24-21(28)18-7-4-12-33-18/h1-9,12-13,20H,10-11H2,(H,24,28)(H,25,29). The minimum atomic E-state index is -1.29. The van der Waals surface area contributed by atoms with E-state index in [-0.39, 0.29) is 35.3 Å². The van der Waals surface area contributed by atoms with Gasteiger partial charge in [0, 0.05) is 24.2 Å². The Balaban J connectivity index is 1.66. The number of amides is 2. The van der Waals surface area contributed by atoms with Crippen molar-refractivity contribution < 1.29 is 24.0 Å². The van der Waals surface area contributed by atoms with Gasteiger partial charge in [-0.05, 0) is 17.5 Å². The van der Waals surface area contributed by atoms with Gasteiger partial charge in [0.2, 0.25) is 6.10 Å². The van der Waals surface area contributed by atoms with Gasteiger partial charge in [-0.25, -0.2) is 0 Å². The van der Waals surface area contributed by atoms with Crippen molar-refractivity contribution in [2.24, 2.45) is 0 Å². The minimum absolute atomic E-state index is 0.0346. The molecule has 0 saturated carbocycles. The van der Waals surface area contributed by atoms with E-state index in [2.05, 4.69) is 10.6 Å². The molecule has 3 rings (SSSR count). The molecule has 2 aromatic carbocycles. The van der Waals surface area contributed by atoms with E-state index in [1.54, 1.807) is 47.8 Å². The van der Waals surface area contributed by atoms with Crippen molar-refractivity contribution in [3.63, 3.8) is 0 Å². The Hall–Kier alpha value is -3.76. The van der Waals surface area contributed by atoms with Crippen LogP contribution in [0.2, 0.25) is 5.02 Å². The monoisotopic (exact) mass is 487 g/mol. The van der Waals surface area contributed by atoms with Crippen LogP contribution in [-0.4, -0.2) is 29.3 Å². The van der Waals surface area contributed by atoms with Crippen LogP contribution in [0, 0.1) is 10.1 Å². The summed E-state index contributed by atoms with van der Waals surface area (Å²) in [5.74, 6) is -1.68. The first-order valence-corrected chi connectivity index (χ1v) is 10.9. The highest BCUT2D eigenvalue weighted by Gasteiger charge is 2.26. The van der Waals surface area contributed by atoms with Crippen LogP contribution in [0.1, 0.15) is 27.8 Å². The van der Waals surface area contributed by atoms with E-state index >= 15 is 0 Å². The van der Waals surface area contributed by atoms with Crippen LogP contribution in [0.25, 0.3) is 0 Å². The SMILES string of the molecule is O=C(CCNC(=O)c1cccs1)OC(C(=O)Nc1ccc([N+](=O)[O-])cc1Cl)c1ccccc1. The fourth-order valence-electron chi connectivity index (χ4n) is 2.78. The van der Waals surface area contributed by atoms with E-state index in [1.807, 2.05) is 0 Å². The summed E-state index contributed by atoms with van der Waals surface area (Å²) in [5, 5.41) is 17.8. The van der Waals surface area contributed by atoms with Crippen LogP contribution in [0.15, 0.2) is 66.0 Å². The third-order valence-corrected chi connectivity index (χ3v) is 5.55. The van der Waals surface area contributed by atoms with Crippen molar-refractivity contribution in [3.05, 3.63) is 91.6 Å². The maximum absolute atomic E-state index is 12.9. The first-order chi connectivity index (χ1) is 15.8. The summed E-state index contributed by atoms with van der Waals surface area (Å²) in [5.41, 5.74) is 0.324. The fraction of sp³-hybridized carbons (Fsp3) is 0.136. The molecule has 1 heterocycles. The number of nitro groups is 1. The van der Waals surface area contributed by atoms with Crippen molar-refractivity contribution in [3.8, 4) is 0 Å². The van der Waals surface area contributed by atoms with Crippen molar-refractivity contribution in [2.45, 2.75) is 12.5 Å². The van der Waals surface area contributed by atoms with E-state index in [0.29, 0.717) is 10.4 Å². The fourth-order valence-corrected chi connectivity index (χ4v) is 3.64. The number of non-ortho nitro benzene ring substituents is 1. The number of ether oxygens (including phenoxy) is 1. The van der Waals surface area contributed by atoms with E-state index < -0.39 is 22.9 Å². The summed E-state index contributed by atoms with van der Waals surface area (Å²) < 4.78 is 5.39. The normalized spacial score (nSPS) is 11.3. The average molecular weight is 488 g/mol. The number of nitrogens with one attached hydrogen (secondary N) is 2. The number of carbonyl (C=O) groups is 3. The van der Waals surface area contributed by atoms with Crippen LogP contribution in [-0.2, 0) is 14.3 Å². The zero-order valence-electron chi connectivity index (χ0n) is 17.0. The number of nitro benzene ring substituents is 1. The van der Waals surface area contributed by atoms with Gasteiger partial charge in [0.25, 0.3) is 17.5 Å². The van der Waals surface area contributed by atoms with Gasteiger partial charge in [-0.15, -0.1) is 11.3 Å². The highest BCUT2D eigenvalue weighted by Crippen LogP contribution is 2.28. The third kappa shape index (κ3) is 6.61. The van der Waals surface area contributed by atoms with Gasteiger partial charge < -0.3 is 15.4 Å². The molecule has 0 aliphatic carbocycles. The first kappa shape index (κ1) is 23.9. The Labute approximate surface area is 197 Å². The highest BCUT2D eigenvalue weighted by atomic mass is 35.5. The van der Waals surface area contributed by atoms with E-state index in [0.717, 1.165) is 6.07 Å². The van der Waals surface area contributed by atoms with Gasteiger partial charge in [-0.3, -0.25) is 24.5 Å². The molecule has 33 heavy (non-hydrogen) atoms. The molecule has 2 N–H and O–H groups in total. The number of hydrogen-bond donors (Lipinski definition) is 2. The summed E-state index contributed by atoms with van der Waals surface area (Å²) >= 11 is 7.33. The van der Waals surface area contributed by atoms with Crippen LogP contribution < -0.4 is 10.6 Å². The number of rotatable bonds is 9. The first-order valence-electron chi connectivity index (χ1n) is 9.66. The summed E-state index contributed by atoms with van der Waals surface area (Å²) in [6.07, 6.45) is -1.44. The zero-order chi connectivity index (χ0) is 23.8. The van der Waals surface area contributed by atoms with Crippen molar-refractivity contribution in [2.75, 3.05) is 11.9 Å². The number of anilines is 1. The summed E-state index contributed by atoms with van der Waals surface area (Å²) in [4.78, 5) is 48.0. The maximum Gasteiger partial charge on any atom is 0.308 e. The lowest BCUT2D eigenvalue weighted by atomic mass is 10.1. The van der Waals surface area contributed by atoms with E-state index in [4.69, 9.17) is 16.3 Å². The Bertz CT molecular complexity index is 1150. The maximum atomic E-state index is 12.9. The van der Waals surface area contributed by atoms with Gasteiger partial charge in [0.1, 0.15) is 0 Å². The predicted octanol–water partition coefficient (Wildman–Crippen LogP) is 4.35. The number of benzene rings is 2. The van der Waals surface area contributed by atoms with Crippen molar-refractivity contribution in [1.29, 1.82) is 0 Å². The molecule has 11 heteroatoms. The molecule has 1 atom stereocenters. The van der Waals surface area contributed by atoms with Gasteiger partial charge in [-0.1, -0.05) is 48.0 Å². The third-order valence-electron chi connectivity index (χ3n) is 4.37. The number of nitrogens with zero attached hydrogens (tertiary/aromatic N) is 1. The van der Waals surface area contributed by atoms with Gasteiger partial charge in [0.05, 0.1) is 26.9 Å².